The minimum atomic E-state index is -2.97. The number of pyridine rings is 1. The van der Waals surface area contributed by atoms with E-state index in [-0.39, 0.29) is 23.9 Å². The molecular weight excluding hydrogens is 488 g/mol. The summed E-state index contributed by atoms with van der Waals surface area (Å²) in [6, 6.07) is 8.30. The molecule has 6 rings (SSSR count). The van der Waals surface area contributed by atoms with Crippen molar-refractivity contribution in [1.29, 1.82) is 0 Å². The van der Waals surface area contributed by atoms with Crippen LogP contribution in [0.5, 0.6) is 0 Å². The Bertz CT molecular complexity index is 1410. The number of nitrogens with zero attached hydrogens (tertiary/aromatic N) is 5. The van der Waals surface area contributed by atoms with Crippen LogP contribution in [-0.2, 0) is 14.6 Å². The molecule has 0 amide bonds. The summed E-state index contributed by atoms with van der Waals surface area (Å²) in [5, 5.41) is 5.62. The van der Waals surface area contributed by atoms with Gasteiger partial charge in [0.05, 0.1) is 18.0 Å². The first-order valence-electron chi connectivity index (χ1n) is 13.1. The first-order chi connectivity index (χ1) is 17.7. The van der Waals surface area contributed by atoms with Crippen molar-refractivity contribution < 1.29 is 13.2 Å². The lowest BCUT2D eigenvalue weighted by atomic mass is 9.93. The van der Waals surface area contributed by atoms with Gasteiger partial charge in [-0.05, 0) is 47.9 Å². The maximum atomic E-state index is 11.7. The molecule has 1 aromatic carbocycles. The molecule has 3 aromatic rings. The van der Waals surface area contributed by atoms with Crippen molar-refractivity contribution >= 4 is 43.9 Å². The molecule has 5 heterocycles. The van der Waals surface area contributed by atoms with Crippen LogP contribution in [0.1, 0.15) is 38.2 Å². The fourth-order valence-electron chi connectivity index (χ4n) is 5.87. The molecule has 3 aliphatic heterocycles. The Hall–Kier alpha value is -2.98. The monoisotopic (exact) mass is 522 g/mol. The lowest BCUT2D eigenvalue weighted by Gasteiger charge is -2.41. The molecule has 9 nitrogen and oxygen atoms in total. The van der Waals surface area contributed by atoms with Crippen molar-refractivity contribution in [3.63, 3.8) is 0 Å². The Labute approximate surface area is 218 Å². The molecule has 2 unspecified atom stereocenters. The van der Waals surface area contributed by atoms with E-state index >= 15 is 0 Å². The number of anilines is 4. The van der Waals surface area contributed by atoms with Gasteiger partial charge in [-0.3, -0.25) is 0 Å². The summed E-state index contributed by atoms with van der Waals surface area (Å²) < 4.78 is 29.3. The van der Waals surface area contributed by atoms with Crippen molar-refractivity contribution in [3.8, 4) is 0 Å². The molecule has 2 atom stereocenters. The van der Waals surface area contributed by atoms with Crippen molar-refractivity contribution in [2.75, 3.05) is 53.3 Å². The highest BCUT2D eigenvalue weighted by Gasteiger charge is 2.35. The van der Waals surface area contributed by atoms with Gasteiger partial charge in [-0.2, -0.15) is 4.98 Å². The molecule has 2 bridgehead atoms. The highest BCUT2D eigenvalue weighted by Crippen LogP contribution is 2.37. The molecular formula is C27H34N6O3S. The number of rotatable bonds is 7. The minimum Gasteiger partial charge on any atom is -0.371 e. The summed E-state index contributed by atoms with van der Waals surface area (Å²) in [5.41, 5.74) is 2.36. The zero-order valence-electron chi connectivity index (χ0n) is 21.6. The molecule has 0 aliphatic carbocycles. The summed E-state index contributed by atoms with van der Waals surface area (Å²) >= 11 is 0. The number of hydrogen-bond acceptors (Lipinski definition) is 9. The number of nitrogens with one attached hydrogen (secondary N) is 1. The summed E-state index contributed by atoms with van der Waals surface area (Å²) in [6.07, 6.45) is 7.79. The number of sulfone groups is 1. The van der Waals surface area contributed by atoms with Crippen LogP contribution < -0.4 is 15.1 Å². The topological polar surface area (TPSA) is 101 Å². The Morgan fingerprint density at radius 1 is 1.00 bits per heavy atom. The van der Waals surface area contributed by atoms with E-state index in [9.17, 15) is 8.42 Å². The first kappa shape index (κ1) is 24.4. The summed E-state index contributed by atoms with van der Waals surface area (Å²) in [6.45, 7) is 7.54. The number of fused-ring (bicyclic) bond motifs is 3. The van der Waals surface area contributed by atoms with E-state index in [4.69, 9.17) is 14.7 Å². The predicted molar refractivity (Wildman–Crippen MR) is 147 cm³/mol. The third-order valence-corrected chi connectivity index (χ3v) is 8.67. The van der Waals surface area contributed by atoms with Crippen LogP contribution in [0.2, 0.25) is 0 Å². The average Bonchev–Trinajstić information content (AvgIpc) is 3.17. The smallest absolute Gasteiger partial charge is 0.227 e. The van der Waals surface area contributed by atoms with E-state index in [2.05, 4.69) is 52.1 Å². The molecule has 3 saturated heterocycles. The van der Waals surface area contributed by atoms with Gasteiger partial charge in [0.15, 0.2) is 0 Å². The van der Waals surface area contributed by atoms with Crippen molar-refractivity contribution in [2.45, 2.75) is 44.8 Å². The fourth-order valence-corrected chi connectivity index (χ4v) is 6.94. The highest BCUT2D eigenvalue weighted by atomic mass is 32.2. The summed E-state index contributed by atoms with van der Waals surface area (Å²) in [4.78, 5) is 18.5. The van der Waals surface area contributed by atoms with Crippen molar-refractivity contribution in [3.05, 3.63) is 42.2 Å². The van der Waals surface area contributed by atoms with Gasteiger partial charge in [0.1, 0.15) is 21.5 Å². The number of morpholine rings is 1. The van der Waals surface area contributed by atoms with Gasteiger partial charge < -0.3 is 19.9 Å². The minimum absolute atomic E-state index is 0.178. The lowest BCUT2D eigenvalue weighted by Crippen LogP contribution is -2.49. The molecule has 37 heavy (non-hydrogen) atoms. The van der Waals surface area contributed by atoms with E-state index in [1.54, 1.807) is 6.20 Å². The normalized spacial score (nSPS) is 22.1. The average molecular weight is 523 g/mol. The fraction of sp³-hybridized carbons (Fsp3) is 0.519. The van der Waals surface area contributed by atoms with Crippen LogP contribution in [0.3, 0.4) is 0 Å². The predicted octanol–water partition coefficient (Wildman–Crippen LogP) is 3.74. The zero-order chi connectivity index (χ0) is 25.7. The number of ether oxygens (including phenoxy) is 1. The van der Waals surface area contributed by atoms with E-state index in [1.165, 1.54) is 11.8 Å². The van der Waals surface area contributed by atoms with Gasteiger partial charge in [-0.15, -0.1) is 0 Å². The molecule has 10 heteroatoms. The Kier molecular flexibility index (Phi) is 6.19. The van der Waals surface area contributed by atoms with E-state index < -0.39 is 9.84 Å². The number of hydrogen-bond donors (Lipinski definition) is 1. The van der Waals surface area contributed by atoms with Crippen molar-refractivity contribution in [1.82, 2.24) is 15.0 Å². The maximum Gasteiger partial charge on any atom is 0.227 e. The van der Waals surface area contributed by atoms with Crippen LogP contribution in [-0.4, -0.2) is 73.8 Å². The van der Waals surface area contributed by atoms with Gasteiger partial charge in [-0.25, -0.2) is 18.4 Å². The number of aromatic nitrogens is 3. The maximum absolute atomic E-state index is 11.7. The molecule has 0 radical (unpaired) electrons. The molecule has 3 fully saturated rings. The van der Waals surface area contributed by atoms with E-state index in [0.29, 0.717) is 11.7 Å². The second-order valence-corrected chi connectivity index (χ2v) is 13.2. The van der Waals surface area contributed by atoms with Crippen LogP contribution in [0.25, 0.3) is 10.8 Å². The molecule has 0 spiro atoms. The van der Waals surface area contributed by atoms with Crippen molar-refractivity contribution in [2.24, 2.45) is 5.92 Å². The lowest BCUT2D eigenvalue weighted by molar-refractivity contribution is 0.0299. The van der Waals surface area contributed by atoms with Gasteiger partial charge in [0.2, 0.25) is 5.95 Å². The Morgan fingerprint density at radius 2 is 1.76 bits per heavy atom. The second kappa shape index (κ2) is 9.40. The third-order valence-electron chi connectivity index (χ3n) is 7.60. The quantitative estimate of drug-likeness (QED) is 0.497. The SMILES string of the molecule is CC(C)c1ccc(N2CC(CS(C)(=O)=O)C2)c2cnc(Nc3ccnc(N4CC5CCC(C4)O5)n3)cc12. The molecule has 3 aliphatic rings. The highest BCUT2D eigenvalue weighted by molar-refractivity contribution is 7.90. The molecule has 2 aromatic heterocycles. The van der Waals surface area contributed by atoms with Gasteiger partial charge >= 0.3 is 0 Å². The first-order valence-corrected chi connectivity index (χ1v) is 15.1. The van der Waals surface area contributed by atoms with Crippen LogP contribution >= 0.6 is 0 Å². The van der Waals surface area contributed by atoms with Crippen LogP contribution in [0.15, 0.2) is 36.7 Å². The van der Waals surface area contributed by atoms with Gasteiger partial charge in [0, 0.05) is 61.8 Å². The van der Waals surface area contributed by atoms with E-state index in [1.807, 2.05) is 12.3 Å². The van der Waals surface area contributed by atoms with E-state index in [0.717, 1.165) is 67.2 Å². The Balaban J connectivity index is 1.25. The second-order valence-electron chi connectivity index (χ2n) is 11.0. The third kappa shape index (κ3) is 5.09. The van der Waals surface area contributed by atoms with Crippen LogP contribution in [0, 0.1) is 5.92 Å². The van der Waals surface area contributed by atoms with Gasteiger partial charge in [0.25, 0.3) is 0 Å². The molecule has 0 saturated carbocycles. The Morgan fingerprint density at radius 3 is 2.46 bits per heavy atom. The number of benzene rings is 1. The van der Waals surface area contributed by atoms with Crippen LogP contribution in [0.4, 0.5) is 23.3 Å². The molecule has 196 valence electrons. The van der Waals surface area contributed by atoms with Gasteiger partial charge in [-0.1, -0.05) is 19.9 Å². The summed E-state index contributed by atoms with van der Waals surface area (Å²) in [5.74, 6) is 2.93. The summed E-state index contributed by atoms with van der Waals surface area (Å²) in [7, 11) is -2.97. The largest absolute Gasteiger partial charge is 0.371 e. The standard InChI is InChI=1S/C27H34N6O3S/c1-17(2)21-6-7-24(32-12-18(13-32)16-37(3,34)35)23-11-29-26(10-22(21)23)30-25-8-9-28-27(31-25)33-14-19-4-5-20(15-33)36-19/h6-11,17-20H,4-5,12-16H2,1-3H3,(H,28,29,30,31). The molecule has 1 N–H and O–H groups in total. The zero-order valence-corrected chi connectivity index (χ0v) is 22.4.